The molecule has 2 aromatic heterocycles. The van der Waals surface area contributed by atoms with Gasteiger partial charge in [0.1, 0.15) is 10.7 Å². The van der Waals surface area contributed by atoms with Crippen LogP contribution >= 0.6 is 23.1 Å². The second-order valence-corrected chi connectivity index (χ2v) is 9.86. The van der Waals surface area contributed by atoms with E-state index in [1.54, 1.807) is 11.3 Å². The van der Waals surface area contributed by atoms with Crippen molar-refractivity contribution < 1.29 is 14.3 Å². The summed E-state index contributed by atoms with van der Waals surface area (Å²) in [6, 6.07) is 5.87. The molecule has 2 heterocycles. The monoisotopic (exact) mass is 487 g/mol. The van der Waals surface area contributed by atoms with E-state index in [9.17, 15) is 9.59 Å². The van der Waals surface area contributed by atoms with Crippen LogP contribution in [0.1, 0.15) is 42.1 Å². The molecule has 0 saturated heterocycles. The number of aromatic nitrogens is 2. The van der Waals surface area contributed by atoms with Crippen LogP contribution in [0.25, 0.3) is 10.2 Å². The summed E-state index contributed by atoms with van der Waals surface area (Å²) in [6.07, 6.45) is 3.84. The predicted octanol–water partition coefficient (Wildman–Crippen LogP) is 3.86. The quantitative estimate of drug-likeness (QED) is 0.427. The van der Waals surface area contributed by atoms with Gasteiger partial charge in [-0.3, -0.25) is 9.59 Å². The molecule has 1 aromatic carbocycles. The lowest BCUT2D eigenvalue weighted by molar-refractivity contribution is -0.118. The molecule has 4 rings (SSSR count). The Balaban J connectivity index is 1.24. The fraction of sp³-hybridized carbons (Fsp3) is 0.458. The molecule has 0 atom stereocenters. The van der Waals surface area contributed by atoms with Crippen LogP contribution in [0, 0.1) is 0 Å². The van der Waals surface area contributed by atoms with Crippen molar-refractivity contribution in [3.63, 3.8) is 0 Å². The number of fused-ring (bicyclic) bond motifs is 3. The topological polar surface area (TPSA) is 93.3 Å². The van der Waals surface area contributed by atoms with Crippen molar-refractivity contribution in [1.82, 2.24) is 15.3 Å². The lowest BCUT2D eigenvalue weighted by Crippen LogP contribution is -2.27. The molecular weight excluding hydrogens is 458 g/mol. The van der Waals surface area contributed by atoms with Gasteiger partial charge in [-0.2, -0.15) is 0 Å². The number of H-pyrrole nitrogens is 1. The van der Waals surface area contributed by atoms with Gasteiger partial charge in [0.2, 0.25) is 5.91 Å². The van der Waals surface area contributed by atoms with Crippen LogP contribution in [0.4, 0.5) is 0 Å². The van der Waals surface area contributed by atoms with Gasteiger partial charge in [-0.15, -0.1) is 23.1 Å². The number of hydrogen-bond donors (Lipinski definition) is 2. The molecule has 0 fully saturated rings. The van der Waals surface area contributed by atoms with Gasteiger partial charge in [0.05, 0.1) is 30.1 Å². The number of carbonyl (C=O) groups excluding carboxylic acids is 1. The highest BCUT2D eigenvalue weighted by Crippen LogP contribution is 2.34. The van der Waals surface area contributed by atoms with Crippen LogP contribution in [0.3, 0.4) is 0 Å². The smallest absolute Gasteiger partial charge is 0.259 e. The van der Waals surface area contributed by atoms with E-state index in [-0.39, 0.29) is 11.5 Å². The summed E-state index contributed by atoms with van der Waals surface area (Å²) in [5, 5.41) is 3.72. The first-order chi connectivity index (χ1) is 16.1. The van der Waals surface area contributed by atoms with Crippen molar-refractivity contribution in [2.45, 2.75) is 45.3 Å². The van der Waals surface area contributed by atoms with Crippen molar-refractivity contribution in [2.24, 2.45) is 0 Å². The molecule has 1 amide bonds. The van der Waals surface area contributed by atoms with Crippen LogP contribution in [0.5, 0.6) is 11.5 Å². The average molecular weight is 488 g/mol. The van der Waals surface area contributed by atoms with E-state index in [4.69, 9.17) is 9.47 Å². The molecule has 0 aliphatic heterocycles. The highest BCUT2D eigenvalue weighted by molar-refractivity contribution is 7.99. The van der Waals surface area contributed by atoms with Crippen molar-refractivity contribution in [1.29, 1.82) is 0 Å². The standard InChI is InChI=1S/C24H29N3O4S2/c1-3-30-17-9-8-15(12-18(17)31-4-2)10-11-25-21(28)14-32-13-20-26-23(29)22-16-6-5-7-19(16)33-24(22)27-20/h8-9,12H,3-7,10-11,13-14H2,1-2H3,(H,25,28)(H,26,27,29). The van der Waals surface area contributed by atoms with Crippen molar-refractivity contribution in [3.05, 3.63) is 50.4 Å². The fourth-order valence-corrected chi connectivity index (χ4v) is 6.00. The van der Waals surface area contributed by atoms with Crippen LogP contribution in [-0.2, 0) is 29.8 Å². The SMILES string of the molecule is CCOc1ccc(CCNC(=O)CSCc2nc3sc4c(c3c(=O)[nH]2)CCC4)cc1OCC. The third-order valence-corrected chi connectivity index (χ3v) is 7.57. The van der Waals surface area contributed by atoms with Crippen molar-refractivity contribution in [3.8, 4) is 11.5 Å². The first-order valence-electron chi connectivity index (χ1n) is 11.4. The molecule has 33 heavy (non-hydrogen) atoms. The number of aromatic amines is 1. The summed E-state index contributed by atoms with van der Waals surface area (Å²) in [5.41, 5.74) is 2.21. The summed E-state index contributed by atoms with van der Waals surface area (Å²) in [4.78, 5) is 34.4. The molecule has 0 bridgehead atoms. The Kier molecular flexibility index (Phi) is 7.93. The summed E-state index contributed by atoms with van der Waals surface area (Å²) < 4.78 is 11.2. The molecule has 1 aliphatic rings. The van der Waals surface area contributed by atoms with E-state index >= 15 is 0 Å². The van der Waals surface area contributed by atoms with Crippen molar-refractivity contribution >= 4 is 39.2 Å². The average Bonchev–Trinajstić information content (AvgIpc) is 3.37. The number of rotatable bonds is 11. The maximum absolute atomic E-state index is 12.5. The van der Waals surface area contributed by atoms with Gasteiger partial charge in [-0.25, -0.2) is 4.98 Å². The normalized spacial score (nSPS) is 12.7. The number of ether oxygens (including phenoxy) is 2. The number of thiophene rings is 1. The Bertz CT molecular complexity index is 1190. The molecule has 176 valence electrons. The number of nitrogens with one attached hydrogen (secondary N) is 2. The Morgan fingerprint density at radius 3 is 2.85 bits per heavy atom. The third-order valence-electron chi connectivity index (χ3n) is 5.44. The highest BCUT2D eigenvalue weighted by Gasteiger charge is 2.21. The summed E-state index contributed by atoms with van der Waals surface area (Å²) in [6.45, 7) is 5.58. The first kappa shape index (κ1) is 23.6. The Hall–Kier alpha value is -2.52. The highest BCUT2D eigenvalue weighted by atomic mass is 32.2. The zero-order chi connectivity index (χ0) is 23.2. The molecule has 1 aliphatic carbocycles. The molecule has 0 unspecified atom stereocenters. The summed E-state index contributed by atoms with van der Waals surface area (Å²) in [5.74, 6) is 2.87. The van der Waals surface area contributed by atoms with E-state index < -0.39 is 0 Å². The van der Waals surface area contributed by atoms with Crippen LogP contribution in [-0.4, -0.2) is 41.4 Å². The van der Waals surface area contributed by atoms with Gasteiger partial charge in [0, 0.05) is 11.4 Å². The first-order valence-corrected chi connectivity index (χ1v) is 13.3. The minimum Gasteiger partial charge on any atom is -0.490 e. The predicted molar refractivity (Wildman–Crippen MR) is 134 cm³/mol. The maximum Gasteiger partial charge on any atom is 0.259 e. The summed E-state index contributed by atoms with van der Waals surface area (Å²) in [7, 11) is 0. The Morgan fingerprint density at radius 1 is 1.21 bits per heavy atom. The number of aryl methyl sites for hydroxylation is 2. The molecule has 0 radical (unpaired) electrons. The van der Waals surface area contributed by atoms with Crippen LogP contribution in [0.2, 0.25) is 0 Å². The number of hydrogen-bond acceptors (Lipinski definition) is 7. The third kappa shape index (κ3) is 5.70. The molecule has 3 aromatic rings. The Labute approximate surface area is 201 Å². The maximum atomic E-state index is 12.5. The second kappa shape index (κ2) is 11.1. The van der Waals surface area contributed by atoms with Gasteiger partial charge in [0.25, 0.3) is 5.56 Å². The number of thioether (sulfide) groups is 1. The number of benzene rings is 1. The summed E-state index contributed by atoms with van der Waals surface area (Å²) >= 11 is 3.08. The minimum atomic E-state index is -0.0544. The van der Waals surface area contributed by atoms with Crippen LogP contribution < -0.4 is 20.3 Å². The lowest BCUT2D eigenvalue weighted by Gasteiger charge is -2.12. The van der Waals surface area contributed by atoms with Crippen molar-refractivity contribution in [2.75, 3.05) is 25.5 Å². The molecule has 7 nitrogen and oxygen atoms in total. The molecule has 0 saturated carbocycles. The largest absolute Gasteiger partial charge is 0.490 e. The molecule has 9 heteroatoms. The zero-order valence-corrected chi connectivity index (χ0v) is 20.6. The van der Waals surface area contributed by atoms with Gasteiger partial charge < -0.3 is 19.8 Å². The van der Waals surface area contributed by atoms with E-state index in [0.717, 1.165) is 46.5 Å². The fourth-order valence-electron chi connectivity index (χ4n) is 4.00. The van der Waals surface area contributed by atoms with E-state index in [2.05, 4.69) is 15.3 Å². The van der Waals surface area contributed by atoms with Gasteiger partial charge >= 0.3 is 0 Å². The van der Waals surface area contributed by atoms with E-state index in [0.29, 0.717) is 43.5 Å². The van der Waals surface area contributed by atoms with E-state index in [1.807, 2.05) is 32.0 Å². The van der Waals surface area contributed by atoms with E-state index in [1.165, 1.54) is 22.2 Å². The number of carbonyl (C=O) groups is 1. The molecular formula is C24H29N3O4S2. The zero-order valence-electron chi connectivity index (χ0n) is 19.0. The number of amides is 1. The molecule has 2 N–H and O–H groups in total. The van der Waals surface area contributed by atoms with Gasteiger partial charge in [-0.05, 0) is 62.8 Å². The lowest BCUT2D eigenvalue weighted by atomic mass is 10.1. The van der Waals surface area contributed by atoms with Crippen LogP contribution in [0.15, 0.2) is 23.0 Å². The molecule has 0 spiro atoms. The van der Waals surface area contributed by atoms with Gasteiger partial charge in [0.15, 0.2) is 11.5 Å². The second-order valence-electron chi connectivity index (χ2n) is 7.79. The number of nitrogens with zero attached hydrogens (tertiary/aromatic N) is 1. The van der Waals surface area contributed by atoms with Gasteiger partial charge in [-0.1, -0.05) is 6.07 Å². The Morgan fingerprint density at radius 2 is 2.03 bits per heavy atom. The minimum absolute atomic E-state index is 0.0329.